The highest BCUT2D eigenvalue weighted by atomic mass is 19.1. The molecule has 1 saturated heterocycles. The van der Waals surface area contributed by atoms with Gasteiger partial charge in [0.2, 0.25) is 5.89 Å². The summed E-state index contributed by atoms with van der Waals surface area (Å²) in [7, 11) is 0. The molecular weight excluding hydrogens is 245 g/mol. The Morgan fingerprint density at radius 2 is 2.26 bits per heavy atom. The topological polar surface area (TPSA) is 51.0 Å². The molecule has 1 aromatic heterocycles. The minimum Gasteiger partial charge on any atom is -0.339 e. The number of nitrogens with one attached hydrogen (secondary N) is 1. The summed E-state index contributed by atoms with van der Waals surface area (Å²) in [5.41, 5.74) is 0.594. The Bertz CT molecular complexity index is 549. The van der Waals surface area contributed by atoms with Crippen LogP contribution < -0.4 is 5.32 Å². The van der Waals surface area contributed by atoms with Gasteiger partial charge < -0.3 is 9.84 Å². The zero-order valence-corrected chi connectivity index (χ0v) is 10.6. The van der Waals surface area contributed by atoms with Gasteiger partial charge in [0.25, 0.3) is 0 Å². The Morgan fingerprint density at radius 1 is 1.37 bits per heavy atom. The van der Waals surface area contributed by atoms with Crippen molar-refractivity contribution >= 4 is 0 Å². The van der Waals surface area contributed by atoms with Crippen molar-refractivity contribution in [2.24, 2.45) is 0 Å². The van der Waals surface area contributed by atoms with Gasteiger partial charge in [0, 0.05) is 13.0 Å². The Balaban J connectivity index is 1.73. The fraction of sp³-hybridized carbons (Fsp3) is 0.429. The molecule has 0 radical (unpaired) electrons. The third kappa shape index (κ3) is 2.81. The number of hydrogen-bond donors (Lipinski definition) is 1. The van der Waals surface area contributed by atoms with E-state index in [1.54, 1.807) is 12.1 Å². The molecule has 2 heterocycles. The molecule has 1 aromatic carbocycles. The standard InChI is InChI=1S/C14H16FN3O/c15-12-6-2-1-4-10(12)8-13-17-14(19-18-13)11-5-3-7-16-9-11/h1-2,4,6,11,16H,3,5,7-9H2/t11-/m0/s1. The summed E-state index contributed by atoms with van der Waals surface area (Å²) in [6.07, 6.45) is 2.56. The minimum absolute atomic E-state index is 0.229. The molecule has 100 valence electrons. The van der Waals surface area contributed by atoms with E-state index in [1.807, 2.05) is 6.07 Å². The molecule has 0 amide bonds. The third-order valence-corrected chi connectivity index (χ3v) is 3.44. The lowest BCUT2D eigenvalue weighted by molar-refractivity contribution is 0.320. The first kappa shape index (κ1) is 12.3. The number of nitrogens with zero attached hydrogens (tertiary/aromatic N) is 2. The van der Waals surface area contributed by atoms with Crippen LogP contribution in [0.15, 0.2) is 28.8 Å². The van der Waals surface area contributed by atoms with Crippen molar-refractivity contribution in [2.45, 2.75) is 25.2 Å². The number of aromatic nitrogens is 2. The van der Waals surface area contributed by atoms with Crippen LogP contribution in [0, 0.1) is 5.82 Å². The molecule has 1 atom stereocenters. The van der Waals surface area contributed by atoms with Crippen molar-refractivity contribution < 1.29 is 8.91 Å². The second-order valence-electron chi connectivity index (χ2n) is 4.86. The van der Waals surface area contributed by atoms with Crippen LogP contribution in [0.3, 0.4) is 0 Å². The predicted octanol–water partition coefficient (Wildman–Crippen LogP) is 2.27. The lowest BCUT2D eigenvalue weighted by Gasteiger charge is -2.18. The average molecular weight is 261 g/mol. The zero-order valence-electron chi connectivity index (χ0n) is 10.6. The van der Waals surface area contributed by atoms with Crippen LogP contribution in [-0.2, 0) is 6.42 Å². The molecule has 0 aliphatic carbocycles. The zero-order chi connectivity index (χ0) is 13.1. The number of hydrogen-bond acceptors (Lipinski definition) is 4. The molecule has 1 aliphatic rings. The van der Waals surface area contributed by atoms with E-state index in [4.69, 9.17) is 4.52 Å². The molecule has 4 nitrogen and oxygen atoms in total. The fourth-order valence-corrected chi connectivity index (χ4v) is 2.38. The highest BCUT2D eigenvalue weighted by Gasteiger charge is 2.21. The maximum absolute atomic E-state index is 13.5. The molecule has 0 unspecified atom stereocenters. The van der Waals surface area contributed by atoms with Gasteiger partial charge in [0.1, 0.15) is 5.82 Å². The van der Waals surface area contributed by atoms with Crippen LogP contribution in [0.25, 0.3) is 0 Å². The maximum atomic E-state index is 13.5. The molecule has 3 rings (SSSR count). The lowest BCUT2D eigenvalue weighted by Crippen LogP contribution is -2.28. The largest absolute Gasteiger partial charge is 0.339 e. The van der Waals surface area contributed by atoms with Crippen LogP contribution >= 0.6 is 0 Å². The minimum atomic E-state index is -0.229. The van der Waals surface area contributed by atoms with E-state index in [0.717, 1.165) is 25.9 Å². The van der Waals surface area contributed by atoms with Crippen molar-refractivity contribution in [2.75, 3.05) is 13.1 Å². The first-order valence-corrected chi connectivity index (χ1v) is 6.59. The average Bonchev–Trinajstić information content (AvgIpc) is 2.91. The van der Waals surface area contributed by atoms with Crippen LogP contribution in [0.2, 0.25) is 0 Å². The molecule has 1 fully saturated rings. The molecule has 19 heavy (non-hydrogen) atoms. The van der Waals surface area contributed by atoms with Crippen molar-refractivity contribution in [1.82, 2.24) is 15.5 Å². The van der Waals surface area contributed by atoms with Crippen molar-refractivity contribution in [3.05, 3.63) is 47.4 Å². The molecule has 0 saturated carbocycles. The molecule has 1 aliphatic heterocycles. The molecule has 5 heteroatoms. The van der Waals surface area contributed by atoms with Crippen molar-refractivity contribution in [1.29, 1.82) is 0 Å². The van der Waals surface area contributed by atoms with E-state index in [0.29, 0.717) is 23.7 Å². The van der Waals surface area contributed by atoms with E-state index in [2.05, 4.69) is 15.5 Å². The van der Waals surface area contributed by atoms with Crippen LogP contribution in [0.5, 0.6) is 0 Å². The van der Waals surface area contributed by atoms with Crippen LogP contribution in [0.4, 0.5) is 4.39 Å². The van der Waals surface area contributed by atoms with E-state index < -0.39 is 0 Å². The van der Waals surface area contributed by atoms with E-state index in [9.17, 15) is 4.39 Å². The van der Waals surface area contributed by atoms with Gasteiger partial charge >= 0.3 is 0 Å². The Hall–Kier alpha value is -1.75. The molecule has 0 bridgehead atoms. The van der Waals surface area contributed by atoms with Gasteiger partial charge in [-0.2, -0.15) is 4.98 Å². The summed E-state index contributed by atoms with van der Waals surface area (Å²) in [6.45, 7) is 1.92. The number of halogens is 1. The SMILES string of the molecule is Fc1ccccc1Cc1noc([C@H]2CCCNC2)n1. The number of rotatable bonds is 3. The van der Waals surface area contributed by atoms with Gasteiger partial charge in [-0.1, -0.05) is 23.4 Å². The summed E-state index contributed by atoms with van der Waals surface area (Å²) in [5.74, 6) is 1.27. The Labute approximate surface area is 111 Å². The Kier molecular flexibility index (Phi) is 3.55. The monoisotopic (exact) mass is 261 g/mol. The first-order valence-electron chi connectivity index (χ1n) is 6.59. The molecular formula is C14H16FN3O. The van der Waals surface area contributed by atoms with Gasteiger partial charge in [0.15, 0.2) is 5.82 Å². The van der Waals surface area contributed by atoms with Gasteiger partial charge in [-0.3, -0.25) is 0 Å². The first-order chi connectivity index (χ1) is 9.33. The maximum Gasteiger partial charge on any atom is 0.231 e. The van der Waals surface area contributed by atoms with E-state index in [-0.39, 0.29) is 11.7 Å². The number of piperidine rings is 1. The van der Waals surface area contributed by atoms with E-state index in [1.165, 1.54) is 6.07 Å². The van der Waals surface area contributed by atoms with Gasteiger partial charge in [-0.15, -0.1) is 0 Å². The van der Waals surface area contributed by atoms with Gasteiger partial charge in [-0.05, 0) is 31.0 Å². The van der Waals surface area contributed by atoms with Crippen molar-refractivity contribution in [3.8, 4) is 0 Å². The molecule has 0 spiro atoms. The Morgan fingerprint density at radius 3 is 3.05 bits per heavy atom. The van der Waals surface area contributed by atoms with Crippen molar-refractivity contribution in [3.63, 3.8) is 0 Å². The third-order valence-electron chi connectivity index (χ3n) is 3.44. The summed E-state index contributed by atoms with van der Waals surface area (Å²) < 4.78 is 18.8. The quantitative estimate of drug-likeness (QED) is 0.920. The van der Waals surface area contributed by atoms with Crippen LogP contribution in [-0.4, -0.2) is 23.2 Å². The summed E-state index contributed by atoms with van der Waals surface area (Å²) in [5, 5.41) is 7.26. The summed E-state index contributed by atoms with van der Waals surface area (Å²) in [4.78, 5) is 4.39. The fourth-order valence-electron chi connectivity index (χ4n) is 2.38. The number of benzene rings is 1. The van der Waals surface area contributed by atoms with Gasteiger partial charge in [0.05, 0.1) is 5.92 Å². The highest BCUT2D eigenvalue weighted by Crippen LogP contribution is 2.22. The highest BCUT2D eigenvalue weighted by molar-refractivity contribution is 5.20. The summed E-state index contributed by atoms with van der Waals surface area (Å²) in [6, 6.07) is 6.67. The second-order valence-corrected chi connectivity index (χ2v) is 4.86. The van der Waals surface area contributed by atoms with Gasteiger partial charge in [-0.25, -0.2) is 4.39 Å². The normalized spacial score (nSPS) is 19.5. The molecule has 1 N–H and O–H groups in total. The summed E-state index contributed by atoms with van der Waals surface area (Å²) >= 11 is 0. The second kappa shape index (κ2) is 5.48. The smallest absolute Gasteiger partial charge is 0.231 e. The van der Waals surface area contributed by atoms with Crippen LogP contribution in [0.1, 0.15) is 36.0 Å². The predicted molar refractivity (Wildman–Crippen MR) is 68.3 cm³/mol. The van der Waals surface area contributed by atoms with E-state index >= 15 is 0 Å². The lowest BCUT2D eigenvalue weighted by atomic mass is 10.00. The molecule has 2 aromatic rings.